The SMILES string of the molecule is CCCCO[C@H]1[C@H]2OC(C)(C)O[C@@H]2O[C@@H]1[C@H](O)CO[C@H]1O[C@@H](CO)[C@@H](O)[C@@H](O)[C@H]1NC(C)=O. The number of nitrogens with one attached hydrogen (secondary N) is 1. The molecule has 0 aromatic heterocycles. The summed E-state index contributed by atoms with van der Waals surface area (Å²) in [5.41, 5.74) is 0. The lowest BCUT2D eigenvalue weighted by molar-refractivity contribution is -0.280. The Balaban J connectivity index is 1.65. The third-order valence-electron chi connectivity index (χ3n) is 5.90. The Morgan fingerprint density at radius 1 is 1.15 bits per heavy atom. The predicted molar refractivity (Wildman–Crippen MR) is 111 cm³/mol. The van der Waals surface area contributed by atoms with Crippen LogP contribution in [0.5, 0.6) is 0 Å². The van der Waals surface area contributed by atoms with Gasteiger partial charge in [-0.3, -0.25) is 4.79 Å². The number of ether oxygens (including phenoxy) is 6. The van der Waals surface area contributed by atoms with Crippen LogP contribution in [-0.2, 0) is 33.2 Å². The molecule has 3 rings (SSSR count). The first-order valence-electron chi connectivity index (χ1n) is 11.4. The van der Waals surface area contributed by atoms with Crippen molar-refractivity contribution in [3.8, 4) is 0 Å². The predicted octanol–water partition coefficient (Wildman–Crippen LogP) is -1.63. The Morgan fingerprint density at radius 3 is 2.52 bits per heavy atom. The highest BCUT2D eigenvalue weighted by molar-refractivity contribution is 5.73. The number of amides is 1. The molecule has 3 heterocycles. The van der Waals surface area contributed by atoms with Gasteiger partial charge < -0.3 is 54.2 Å². The molecule has 3 saturated heterocycles. The maximum atomic E-state index is 11.6. The van der Waals surface area contributed by atoms with E-state index in [9.17, 15) is 25.2 Å². The van der Waals surface area contributed by atoms with Crippen LogP contribution in [0.2, 0.25) is 0 Å². The summed E-state index contributed by atoms with van der Waals surface area (Å²) in [5.74, 6) is -1.31. The number of hydrogen-bond donors (Lipinski definition) is 5. The fourth-order valence-electron chi connectivity index (χ4n) is 4.27. The van der Waals surface area contributed by atoms with E-state index in [1.807, 2.05) is 6.92 Å². The van der Waals surface area contributed by atoms with Crippen LogP contribution in [0, 0.1) is 0 Å². The molecule has 12 nitrogen and oxygen atoms in total. The van der Waals surface area contributed by atoms with E-state index in [1.165, 1.54) is 6.92 Å². The van der Waals surface area contributed by atoms with Gasteiger partial charge in [0.15, 0.2) is 18.4 Å². The Kier molecular flexibility index (Phi) is 9.06. The topological polar surface area (TPSA) is 165 Å². The second-order valence-electron chi connectivity index (χ2n) is 9.09. The molecule has 0 radical (unpaired) electrons. The van der Waals surface area contributed by atoms with Crippen molar-refractivity contribution in [1.29, 1.82) is 0 Å². The van der Waals surface area contributed by atoms with Gasteiger partial charge >= 0.3 is 0 Å². The van der Waals surface area contributed by atoms with Crippen molar-refractivity contribution in [1.82, 2.24) is 5.32 Å². The normalized spacial score (nSPS) is 41.0. The van der Waals surface area contributed by atoms with Gasteiger partial charge in [0.25, 0.3) is 0 Å². The van der Waals surface area contributed by atoms with Crippen LogP contribution in [0.4, 0.5) is 0 Å². The van der Waals surface area contributed by atoms with Crippen molar-refractivity contribution in [3.63, 3.8) is 0 Å². The first-order chi connectivity index (χ1) is 15.6. The van der Waals surface area contributed by atoms with Gasteiger partial charge in [0.2, 0.25) is 5.91 Å². The molecule has 0 aliphatic carbocycles. The molecule has 0 saturated carbocycles. The van der Waals surface area contributed by atoms with Gasteiger partial charge in [0, 0.05) is 13.5 Å². The minimum atomic E-state index is -1.45. The van der Waals surface area contributed by atoms with E-state index in [4.69, 9.17) is 28.4 Å². The fourth-order valence-corrected chi connectivity index (χ4v) is 4.27. The monoisotopic (exact) mass is 479 g/mol. The lowest BCUT2D eigenvalue weighted by Crippen LogP contribution is -2.64. The summed E-state index contributed by atoms with van der Waals surface area (Å²) in [4.78, 5) is 11.6. The average Bonchev–Trinajstić information content (AvgIpc) is 3.22. The van der Waals surface area contributed by atoms with Crippen molar-refractivity contribution in [2.45, 2.75) is 108 Å². The van der Waals surface area contributed by atoms with E-state index in [0.717, 1.165) is 12.8 Å². The zero-order valence-electron chi connectivity index (χ0n) is 19.5. The number of carbonyl (C=O) groups is 1. The molecule has 3 aliphatic rings. The molecule has 0 unspecified atom stereocenters. The first-order valence-corrected chi connectivity index (χ1v) is 11.4. The zero-order chi connectivity index (χ0) is 24.3. The number of rotatable bonds is 10. The highest BCUT2D eigenvalue weighted by Gasteiger charge is 2.57. The Labute approximate surface area is 193 Å². The van der Waals surface area contributed by atoms with E-state index < -0.39 is 79.7 Å². The zero-order valence-corrected chi connectivity index (χ0v) is 19.5. The maximum absolute atomic E-state index is 11.6. The van der Waals surface area contributed by atoms with Gasteiger partial charge in [-0.15, -0.1) is 0 Å². The highest BCUT2D eigenvalue weighted by Crippen LogP contribution is 2.40. The van der Waals surface area contributed by atoms with Crippen LogP contribution in [0.3, 0.4) is 0 Å². The third-order valence-corrected chi connectivity index (χ3v) is 5.90. The summed E-state index contributed by atoms with van der Waals surface area (Å²) in [6.07, 6.45) is -7.30. The summed E-state index contributed by atoms with van der Waals surface area (Å²) >= 11 is 0. The van der Waals surface area contributed by atoms with Gasteiger partial charge in [-0.25, -0.2) is 0 Å². The average molecular weight is 480 g/mol. The molecule has 0 spiro atoms. The molecule has 5 N–H and O–H groups in total. The molecular weight excluding hydrogens is 442 g/mol. The molecule has 192 valence electrons. The van der Waals surface area contributed by atoms with E-state index in [-0.39, 0.29) is 6.61 Å². The molecule has 0 aromatic carbocycles. The van der Waals surface area contributed by atoms with E-state index in [2.05, 4.69) is 5.32 Å². The summed E-state index contributed by atoms with van der Waals surface area (Å²) in [5, 5.41) is 43.3. The molecule has 12 heteroatoms. The summed E-state index contributed by atoms with van der Waals surface area (Å²) in [7, 11) is 0. The van der Waals surface area contributed by atoms with Crippen LogP contribution in [-0.4, -0.2) is 113 Å². The molecule has 1 amide bonds. The summed E-state index contributed by atoms with van der Waals surface area (Å²) < 4.78 is 34.8. The van der Waals surface area contributed by atoms with Crippen molar-refractivity contribution in [2.24, 2.45) is 0 Å². The quantitative estimate of drug-likeness (QED) is 0.228. The molecule has 3 aliphatic heterocycles. The highest BCUT2D eigenvalue weighted by atomic mass is 16.8. The molecule has 10 atom stereocenters. The Morgan fingerprint density at radius 2 is 1.88 bits per heavy atom. The van der Waals surface area contributed by atoms with Crippen molar-refractivity contribution < 1.29 is 53.6 Å². The standard InChI is InChI=1S/C21H37NO11/c1-5-6-7-28-17-16(31-20-18(17)32-21(3,4)33-20)11(25)9-29-19-13(22-10(2)24)15(27)14(26)12(8-23)30-19/h11-20,23,25-27H,5-9H2,1-4H3,(H,22,24)/t11-,12+,13-,14-,15+,16-,17-,18-,19+,20+/m1/s1. The largest absolute Gasteiger partial charge is 0.394 e. The summed E-state index contributed by atoms with van der Waals surface area (Å²) in [6, 6.07) is -1.11. The molecule has 3 fully saturated rings. The van der Waals surface area contributed by atoms with Gasteiger partial charge in [-0.1, -0.05) is 13.3 Å². The molecule has 0 bridgehead atoms. The van der Waals surface area contributed by atoms with Crippen LogP contribution < -0.4 is 5.32 Å². The number of hydrogen-bond acceptors (Lipinski definition) is 11. The Hall–Kier alpha value is -0.930. The van der Waals surface area contributed by atoms with Crippen molar-refractivity contribution in [3.05, 3.63) is 0 Å². The Bertz CT molecular complexity index is 650. The molecule has 33 heavy (non-hydrogen) atoms. The van der Waals surface area contributed by atoms with Crippen molar-refractivity contribution >= 4 is 5.91 Å². The van der Waals surface area contributed by atoms with E-state index in [1.54, 1.807) is 13.8 Å². The van der Waals surface area contributed by atoms with Crippen LogP contribution in [0.15, 0.2) is 0 Å². The smallest absolute Gasteiger partial charge is 0.217 e. The van der Waals surface area contributed by atoms with Gasteiger partial charge in [-0.2, -0.15) is 0 Å². The number of fused-ring (bicyclic) bond motifs is 1. The van der Waals surface area contributed by atoms with Crippen molar-refractivity contribution in [2.75, 3.05) is 19.8 Å². The van der Waals surface area contributed by atoms with Gasteiger partial charge in [-0.05, 0) is 20.3 Å². The molecule has 0 aromatic rings. The first kappa shape index (κ1) is 26.7. The van der Waals surface area contributed by atoms with Gasteiger partial charge in [0.1, 0.15) is 48.8 Å². The van der Waals surface area contributed by atoms with Crippen LogP contribution in [0.1, 0.15) is 40.5 Å². The molecular formula is C21H37NO11. The second kappa shape index (κ2) is 11.2. The number of unbranched alkanes of at least 4 members (excludes halogenated alkanes) is 1. The second-order valence-corrected chi connectivity index (χ2v) is 9.09. The van der Waals surface area contributed by atoms with Crippen LogP contribution >= 0.6 is 0 Å². The fraction of sp³-hybridized carbons (Fsp3) is 0.952. The summed E-state index contributed by atoms with van der Waals surface area (Å²) in [6.45, 7) is 6.41. The maximum Gasteiger partial charge on any atom is 0.217 e. The lowest BCUT2D eigenvalue weighted by Gasteiger charge is -2.42. The lowest BCUT2D eigenvalue weighted by atomic mass is 9.97. The van der Waals surface area contributed by atoms with E-state index in [0.29, 0.717) is 6.61 Å². The minimum absolute atomic E-state index is 0.303. The third kappa shape index (κ3) is 6.20. The number of aliphatic hydroxyl groups excluding tert-OH is 4. The number of carbonyl (C=O) groups excluding carboxylic acids is 1. The number of aliphatic hydroxyl groups is 4. The minimum Gasteiger partial charge on any atom is -0.394 e. The van der Waals surface area contributed by atoms with E-state index >= 15 is 0 Å². The van der Waals surface area contributed by atoms with Gasteiger partial charge in [0.05, 0.1) is 13.2 Å². The van der Waals surface area contributed by atoms with Crippen LogP contribution in [0.25, 0.3) is 0 Å².